The topological polar surface area (TPSA) is 152 Å². The van der Waals surface area contributed by atoms with Crippen LogP contribution < -0.4 is 0 Å². The van der Waals surface area contributed by atoms with Crippen LogP contribution in [0.3, 0.4) is 0 Å². The molecule has 0 fully saturated rings. The Morgan fingerprint density at radius 1 is 0.667 bits per heavy atom. The molecule has 0 aliphatic carbocycles. The lowest BCUT2D eigenvalue weighted by molar-refractivity contribution is 0.284. The van der Waals surface area contributed by atoms with Crippen molar-refractivity contribution in [1.29, 1.82) is 0 Å². The van der Waals surface area contributed by atoms with Crippen LogP contribution in [0.15, 0.2) is 46.2 Å². The quantitative estimate of drug-likeness (QED) is 0.427. The summed E-state index contributed by atoms with van der Waals surface area (Å²) in [6.07, 6.45) is 0. The van der Waals surface area contributed by atoms with E-state index in [9.17, 15) is 25.3 Å². The zero-order valence-corrected chi connectivity index (χ0v) is 25.3. The van der Waals surface area contributed by atoms with Crippen LogP contribution >= 0.6 is 0 Å². The van der Waals surface area contributed by atoms with Gasteiger partial charge < -0.3 is 0 Å². The highest BCUT2D eigenvalue weighted by Gasteiger charge is 2.16. The van der Waals surface area contributed by atoms with Gasteiger partial charge in [0.25, 0.3) is 10.1 Å². The van der Waals surface area contributed by atoms with Crippen LogP contribution in [0.5, 0.6) is 0 Å². The highest BCUT2D eigenvalue weighted by atomic mass is 32.3. The molecule has 0 aliphatic rings. The molecule has 12 heteroatoms. The average molecular weight is 571 g/mol. The summed E-state index contributed by atoms with van der Waals surface area (Å²) in [5.41, 5.74) is 3.37. The standard InChI is InChI=1S/C9H12O6S2.C9H12O3S.3C2H6/c1-8-2-4-9(5-3-8)16(10,11)7-6-15-17(12,13)14;1-6-4-8(3)9(5-7(6)2)13(10,11)12;3*1-2/h2-5H,6-7H2,1H3,(H,12,13,14);4-5H,1-3H3,(H,10,11,12);3*1-2H3. The highest BCUT2D eigenvalue weighted by molar-refractivity contribution is 7.91. The molecule has 2 aromatic carbocycles. The smallest absolute Gasteiger partial charge is 0.282 e. The molecule has 2 aromatic rings. The van der Waals surface area contributed by atoms with Crippen molar-refractivity contribution in [3.05, 3.63) is 58.7 Å². The second-order valence-corrected chi connectivity index (χ2v) is 11.1. The first-order chi connectivity index (χ1) is 16.5. The highest BCUT2D eigenvalue weighted by Crippen LogP contribution is 2.19. The van der Waals surface area contributed by atoms with E-state index in [-0.39, 0.29) is 9.79 Å². The van der Waals surface area contributed by atoms with E-state index < -0.39 is 42.7 Å². The van der Waals surface area contributed by atoms with Gasteiger partial charge in [0.1, 0.15) is 0 Å². The summed E-state index contributed by atoms with van der Waals surface area (Å²) < 4.78 is 86.7. The fraction of sp³-hybridized carbons (Fsp3) is 0.500. The van der Waals surface area contributed by atoms with Gasteiger partial charge in [-0.1, -0.05) is 65.3 Å². The van der Waals surface area contributed by atoms with Gasteiger partial charge in [-0.15, -0.1) is 0 Å². The summed E-state index contributed by atoms with van der Waals surface area (Å²) >= 11 is 0. The molecule has 9 nitrogen and oxygen atoms in total. The molecule has 0 heterocycles. The maximum Gasteiger partial charge on any atom is 0.397 e. The minimum absolute atomic E-state index is 0.00407. The van der Waals surface area contributed by atoms with Gasteiger partial charge in [0.2, 0.25) is 0 Å². The first-order valence-electron chi connectivity index (χ1n) is 11.5. The van der Waals surface area contributed by atoms with Gasteiger partial charge in [-0.3, -0.25) is 9.11 Å². The molecule has 0 saturated carbocycles. The molecular formula is C24H42O9S3. The van der Waals surface area contributed by atoms with Gasteiger partial charge in [0, 0.05) is 0 Å². The Bertz CT molecular complexity index is 1200. The predicted octanol–water partition coefficient (Wildman–Crippen LogP) is 5.53. The van der Waals surface area contributed by atoms with Crippen LogP contribution in [0.1, 0.15) is 63.8 Å². The maximum absolute atomic E-state index is 11.7. The van der Waals surface area contributed by atoms with Gasteiger partial charge in [-0.25, -0.2) is 12.6 Å². The van der Waals surface area contributed by atoms with Crippen molar-refractivity contribution in [3.8, 4) is 0 Å². The number of hydrogen-bond donors (Lipinski definition) is 2. The van der Waals surface area contributed by atoms with Crippen molar-refractivity contribution in [3.63, 3.8) is 0 Å². The molecule has 0 radical (unpaired) electrons. The minimum atomic E-state index is -4.60. The zero-order valence-electron chi connectivity index (χ0n) is 22.9. The second-order valence-electron chi connectivity index (χ2n) is 6.56. The fourth-order valence-electron chi connectivity index (χ4n) is 2.32. The molecule has 0 aliphatic heterocycles. The zero-order chi connectivity index (χ0) is 29.3. The van der Waals surface area contributed by atoms with E-state index in [4.69, 9.17) is 9.11 Å². The van der Waals surface area contributed by atoms with E-state index >= 15 is 0 Å². The summed E-state index contributed by atoms with van der Waals surface area (Å²) in [5, 5.41) is 0. The van der Waals surface area contributed by atoms with Crippen molar-refractivity contribution in [2.75, 3.05) is 12.4 Å². The molecular weight excluding hydrogens is 528 g/mol. The van der Waals surface area contributed by atoms with Gasteiger partial charge >= 0.3 is 10.4 Å². The molecule has 2 N–H and O–H groups in total. The molecule has 2 rings (SSSR count). The van der Waals surface area contributed by atoms with Crippen LogP contribution in [0.25, 0.3) is 0 Å². The first kappa shape index (κ1) is 38.7. The Hall–Kier alpha value is -1.83. The number of hydrogen-bond acceptors (Lipinski definition) is 7. The van der Waals surface area contributed by atoms with E-state index in [1.807, 2.05) is 62.3 Å². The number of benzene rings is 2. The van der Waals surface area contributed by atoms with Crippen molar-refractivity contribution in [2.24, 2.45) is 0 Å². The third-order valence-electron chi connectivity index (χ3n) is 4.03. The maximum atomic E-state index is 11.7. The Balaban J connectivity index is -0.000000511. The average Bonchev–Trinajstić information content (AvgIpc) is 2.79. The van der Waals surface area contributed by atoms with Crippen molar-refractivity contribution < 1.29 is 38.5 Å². The summed E-state index contributed by atoms with van der Waals surface area (Å²) in [4.78, 5) is 0.0811. The van der Waals surface area contributed by atoms with Gasteiger partial charge in [-0.05, 0) is 62.6 Å². The van der Waals surface area contributed by atoms with Crippen LogP contribution in [-0.2, 0) is 34.5 Å². The Kier molecular flexibility index (Phi) is 19.8. The molecule has 210 valence electrons. The Morgan fingerprint density at radius 3 is 1.47 bits per heavy atom. The van der Waals surface area contributed by atoms with Crippen LogP contribution in [0, 0.1) is 27.7 Å². The fourth-order valence-corrected chi connectivity index (χ4v) is 4.60. The lowest BCUT2D eigenvalue weighted by atomic mass is 10.1. The van der Waals surface area contributed by atoms with Gasteiger partial charge in [0.15, 0.2) is 9.84 Å². The molecule has 36 heavy (non-hydrogen) atoms. The monoisotopic (exact) mass is 570 g/mol. The van der Waals surface area contributed by atoms with Gasteiger partial charge in [0.05, 0.1) is 22.2 Å². The summed E-state index contributed by atoms with van der Waals surface area (Å²) in [7, 11) is -12.3. The summed E-state index contributed by atoms with van der Waals surface area (Å²) in [5.74, 6) is -0.518. The third kappa shape index (κ3) is 16.0. The molecule has 0 amide bonds. The predicted molar refractivity (Wildman–Crippen MR) is 145 cm³/mol. The van der Waals surface area contributed by atoms with Crippen LogP contribution in [-0.4, -0.2) is 46.7 Å². The molecule has 0 aromatic heterocycles. The van der Waals surface area contributed by atoms with E-state index in [0.717, 1.165) is 16.7 Å². The molecule has 0 bridgehead atoms. The minimum Gasteiger partial charge on any atom is -0.282 e. The van der Waals surface area contributed by atoms with Crippen molar-refractivity contribution in [1.82, 2.24) is 0 Å². The van der Waals surface area contributed by atoms with E-state index in [0.29, 0.717) is 5.56 Å². The number of aryl methyl sites for hydroxylation is 4. The lowest BCUT2D eigenvalue weighted by Gasteiger charge is -2.06. The summed E-state index contributed by atoms with van der Waals surface area (Å²) in [6, 6.07) is 9.36. The molecule has 0 atom stereocenters. The summed E-state index contributed by atoms with van der Waals surface area (Å²) in [6.45, 7) is 18.6. The second kappa shape index (κ2) is 18.4. The molecule has 0 saturated heterocycles. The largest absolute Gasteiger partial charge is 0.397 e. The van der Waals surface area contributed by atoms with E-state index in [2.05, 4.69) is 4.18 Å². The SMILES string of the molecule is CC.CC.CC.Cc1cc(C)c(S(=O)(=O)O)cc1C.Cc1ccc(S(=O)(=O)CCOS(=O)(=O)O)cc1. The van der Waals surface area contributed by atoms with E-state index in [1.165, 1.54) is 18.2 Å². The molecule has 0 unspecified atom stereocenters. The van der Waals surface area contributed by atoms with Crippen LogP contribution in [0.4, 0.5) is 0 Å². The Morgan fingerprint density at radius 2 is 1.08 bits per heavy atom. The van der Waals surface area contributed by atoms with Crippen molar-refractivity contribution in [2.45, 2.75) is 79.0 Å². The third-order valence-corrected chi connectivity index (χ3v) is 7.19. The molecule has 0 spiro atoms. The van der Waals surface area contributed by atoms with Crippen molar-refractivity contribution >= 4 is 30.4 Å². The first-order valence-corrected chi connectivity index (χ1v) is 16.0. The van der Waals surface area contributed by atoms with E-state index in [1.54, 1.807) is 25.1 Å². The van der Waals surface area contributed by atoms with Crippen LogP contribution in [0.2, 0.25) is 0 Å². The van der Waals surface area contributed by atoms with Gasteiger partial charge in [-0.2, -0.15) is 16.8 Å². The Labute approximate surface area is 218 Å². The normalized spacial score (nSPS) is 10.7. The number of rotatable bonds is 6. The lowest BCUT2D eigenvalue weighted by Crippen LogP contribution is -2.15. The number of sulfone groups is 1.